The third-order valence-corrected chi connectivity index (χ3v) is 4.08. The van der Waals surface area contributed by atoms with Gasteiger partial charge in [0.1, 0.15) is 0 Å². The normalized spacial score (nSPS) is 15.0. The summed E-state index contributed by atoms with van der Waals surface area (Å²) in [5.74, 6) is -0.609. The number of rotatable bonds is 5. The Bertz CT molecular complexity index is 792. The van der Waals surface area contributed by atoms with Gasteiger partial charge < -0.3 is 11.1 Å². The van der Waals surface area contributed by atoms with Gasteiger partial charge in [0.2, 0.25) is 5.91 Å². The van der Waals surface area contributed by atoms with Gasteiger partial charge in [-0.3, -0.25) is 9.59 Å². The van der Waals surface area contributed by atoms with Gasteiger partial charge in [-0.1, -0.05) is 23.4 Å². The molecule has 1 aromatic carbocycles. The first-order valence-corrected chi connectivity index (χ1v) is 7.87. The molecule has 3 N–H and O–H groups in total. The zero-order chi connectivity index (χ0) is 17.1. The van der Waals surface area contributed by atoms with Gasteiger partial charge in [0.25, 0.3) is 5.91 Å². The predicted molar refractivity (Wildman–Crippen MR) is 88.4 cm³/mol. The lowest BCUT2D eigenvalue weighted by atomic mass is 10.1. The van der Waals surface area contributed by atoms with Crippen LogP contribution in [0.4, 0.5) is 0 Å². The van der Waals surface area contributed by atoms with Crippen molar-refractivity contribution in [1.29, 1.82) is 0 Å². The third kappa shape index (κ3) is 3.34. The molecule has 1 heterocycles. The summed E-state index contributed by atoms with van der Waals surface area (Å²) < 4.78 is 1.48. The maximum absolute atomic E-state index is 12.1. The van der Waals surface area contributed by atoms with Crippen molar-refractivity contribution in [3.05, 3.63) is 53.4 Å². The molecule has 3 rings (SSSR count). The molecule has 1 aliphatic rings. The van der Waals surface area contributed by atoms with Crippen LogP contribution in [-0.4, -0.2) is 26.8 Å². The molecule has 2 amide bonds. The van der Waals surface area contributed by atoms with E-state index in [9.17, 15) is 9.59 Å². The number of primary amides is 1. The van der Waals surface area contributed by atoms with Crippen molar-refractivity contribution in [3.8, 4) is 5.69 Å². The number of nitrogens with zero attached hydrogens (tertiary/aromatic N) is 3. The highest BCUT2D eigenvalue weighted by Crippen LogP contribution is 2.20. The monoisotopic (exact) mass is 325 g/mol. The van der Waals surface area contributed by atoms with Crippen molar-refractivity contribution in [2.45, 2.75) is 32.2 Å². The Kier molecular flexibility index (Phi) is 4.41. The number of hydrogen-bond acceptors (Lipinski definition) is 4. The van der Waals surface area contributed by atoms with E-state index in [4.69, 9.17) is 5.73 Å². The van der Waals surface area contributed by atoms with Crippen LogP contribution in [0.5, 0.6) is 0 Å². The van der Waals surface area contributed by atoms with Crippen molar-refractivity contribution in [2.75, 3.05) is 0 Å². The van der Waals surface area contributed by atoms with Crippen molar-refractivity contribution < 1.29 is 9.59 Å². The summed E-state index contributed by atoms with van der Waals surface area (Å²) in [6.45, 7) is 1.95. The van der Waals surface area contributed by atoms with Crippen LogP contribution in [0.2, 0.25) is 0 Å². The van der Waals surface area contributed by atoms with E-state index in [-0.39, 0.29) is 17.6 Å². The highest BCUT2D eigenvalue weighted by atomic mass is 16.2. The second-order valence-electron chi connectivity index (χ2n) is 5.82. The number of allylic oxidation sites excluding steroid dienone is 1. The van der Waals surface area contributed by atoms with E-state index < -0.39 is 5.91 Å². The van der Waals surface area contributed by atoms with E-state index in [2.05, 4.69) is 15.6 Å². The maximum atomic E-state index is 12.1. The number of carbonyl (C=O) groups is 2. The zero-order valence-corrected chi connectivity index (χ0v) is 13.4. The van der Waals surface area contributed by atoms with Gasteiger partial charge in [-0.05, 0) is 43.9 Å². The van der Waals surface area contributed by atoms with Gasteiger partial charge in [-0.2, -0.15) is 0 Å². The fraction of sp³-hybridized carbons (Fsp3) is 0.294. The molecule has 0 bridgehead atoms. The smallest absolute Gasteiger partial charge is 0.270 e. The summed E-state index contributed by atoms with van der Waals surface area (Å²) >= 11 is 0. The number of amides is 2. The van der Waals surface area contributed by atoms with Gasteiger partial charge >= 0.3 is 0 Å². The van der Waals surface area contributed by atoms with E-state index in [1.807, 2.05) is 37.3 Å². The van der Waals surface area contributed by atoms with Crippen molar-refractivity contribution in [1.82, 2.24) is 20.3 Å². The van der Waals surface area contributed by atoms with Crippen LogP contribution in [0, 0.1) is 0 Å². The lowest BCUT2D eigenvalue weighted by molar-refractivity contribution is -0.118. The number of nitrogens with two attached hydrogens (primary N) is 1. The van der Waals surface area contributed by atoms with Crippen molar-refractivity contribution >= 4 is 11.8 Å². The van der Waals surface area contributed by atoms with Crippen LogP contribution in [-0.2, 0) is 4.79 Å². The Balaban J connectivity index is 1.69. The zero-order valence-electron chi connectivity index (χ0n) is 13.4. The van der Waals surface area contributed by atoms with E-state index in [1.54, 1.807) is 0 Å². The molecule has 1 atom stereocenters. The molecule has 0 aliphatic heterocycles. The molecule has 0 saturated heterocycles. The first kappa shape index (κ1) is 15.9. The summed E-state index contributed by atoms with van der Waals surface area (Å²) in [5, 5.41) is 10.6. The van der Waals surface area contributed by atoms with Gasteiger partial charge in [-0.25, -0.2) is 4.68 Å². The first-order chi connectivity index (χ1) is 11.5. The molecular formula is C17H19N5O2. The van der Waals surface area contributed by atoms with Crippen LogP contribution in [0.25, 0.3) is 5.69 Å². The highest BCUT2D eigenvalue weighted by Gasteiger charge is 2.16. The minimum Gasteiger partial charge on any atom is -0.364 e. The number of nitrogens with one attached hydrogen (secondary N) is 1. The fourth-order valence-corrected chi connectivity index (χ4v) is 2.67. The summed E-state index contributed by atoms with van der Waals surface area (Å²) in [7, 11) is 0. The number of benzene rings is 1. The number of carbonyl (C=O) groups excluding carboxylic acids is 2. The second-order valence-corrected chi connectivity index (χ2v) is 5.82. The summed E-state index contributed by atoms with van der Waals surface area (Å²) in [6.07, 6.45) is 6.38. The average Bonchev–Trinajstić information content (AvgIpc) is 3.26. The van der Waals surface area contributed by atoms with Crippen LogP contribution in [0.1, 0.15) is 48.3 Å². The second kappa shape index (κ2) is 6.66. The Hall–Kier alpha value is -2.96. The van der Waals surface area contributed by atoms with E-state index >= 15 is 0 Å². The van der Waals surface area contributed by atoms with E-state index in [0.29, 0.717) is 0 Å². The average molecular weight is 325 g/mol. The van der Waals surface area contributed by atoms with Crippen molar-refractivity contribution in [3.63, 3.8) is 0 Å². The number of aromatic nitrogens is 3. The van der Waals surface area contributed by atoms with Crippen molar-refractivity contribution in [2.24, 2.45) is 5.73 Å². The molecule has 1 unspecified atom stereocenters. The van der Waals surface area contributed by atoms with Gasteiger partial charge in [0.05, 0.1) is 17.9 Å². The lowest BCUT2D eigenvalue weighted by Gasteiger charge is -2.15. The largest absolute Gasteiger partial charge is 0.364 e. The molecule has 124 valence electrons. The molecule has 0 spiro atoms. The summed E-state index contributed by atoms with van der Waals surface area (Å²) in [5.41, 5.74) is 7.90. The molecular weight excluding hydrogens is 306 g/mol. The minimum absolute atomic E-state index is 0.00597. The Labute approximate surface area is 139 Å². The third-order valence-electron chi connectivity index (χ3n) is 4.08. The summed E-state index contributed by atoms with van der Waals surface area (Å²) in [4.78, 5) is 23.2. The standard InChI is InChI=1S/C17H19N5O2/c1-11(19-17(24)13-4-2-3-5-13)12-6-8-14(9-7-12)22-10-15(16(18)23)20-21-22/h4,6-11H,2-3,5H2,1H3,(H2,18,23)(H,19,24). The van der Waals surface area contributed by atoms with Gasteiger partial charge in [-0.15, -0.1) is 5.10 Å². The van der Waals surface area contributed by atoms with Crippen LogP contribution in [0.3, 0.4) is 0 Å². The van der Waals surface area contributed by atoms with Crippen LogP contribution < -0.4 is 11.1 Å². The Morgan fingerprint density at radius 3 is 2.62 bits per heavy atom. The summed E-state index contributed by atoms with van der Waals surface area (Å²) in [6, 6.07) is 7.44. The van der Waals surface area contributed by atoms with Crippen LogP contribution >= 0.6 is 0 Å². The molecule has 1 aliphatic carbocycles. The SMILES string of the molecule is CC(NC(=O)C1=CCCC1)c1ccc(-n2cc(C(N)=O)nn2)cc1. The molecule has 0 fully saturated rings. The molecule has 0 radical (unpaired) electrons. The fourth-order valence-electron chi connectivity index (χ4n) is 2.67. The van der Waals surface area contributed by atoms with E-state index in [0.717, 1.165) is 36.1 Å². The topological polar surface area (TPSA) is 103 Å². The molecule has 0 saturated carbocycles. The minimum atomic E-state index is -0.615. The Morgan fingerprint density at radius 1 is 1.29 bits per heavy atom. The highest BCUT2D eigenvalue weighted by molar-refractivity contribution is 5.94. The van der Waals surface area contributed by atoms with Crippen LogP contribution in [0.15, 0.2) is 42.1 Å². The molecule has 2 aromatic rings. The Morgan fingerprint density at radius 2 is 2.04 bits per heavy atom. The van der Waals surface area contributed by atoms with E-state index in [1.165, 1.54) is 10.9 Å². The molecule has 7 heteroatoms. The molecule has 24 heavy (non-hydrogen) atoms. The maximum Gasteiger partial charge on any atom is 0.270 e. The van der Waals surface area contributed by atoms with Gasteiger partial charge in [0.15, 0.2) is 5.69 Å². The molecule has 7 nitrogen and oxygen atoms in total. The predicted octanol–water partition coefficient (Wildman–Crippen LogP) is 1.65. The number of hydrogen-bond donors (Lipinski definition) is 2. The lowest BCUT2D eigenvalue weighted by Crippen LogP contribution is -2.27. The first-order valence-electron chi connectivity index (χ1n) is 7.87. The molecule has 1 aromatic heterocycles. The quantitative estimate of drug-likeness (QED) is 0.872. The van der Waals surface area contributed by atoms with Gasteiger partial charge in [0, 0.05) is 5.57 Å².